The highest BCUT2D eigenvalue weighted by Gasteiger charge is 2.31. The molecule has 19 heavy (non-hydrogen) atoms. The zero-order valence-corrected chi connectivity index (χ0v) is 11.6. The Hall–Kier alpha value is -1.55. The number of hydrogen-bond donors (Lipinski definition) is 2. The Bertz CT molecular complexity index is 455. The van der Waals surface area contributed by atoms with E-state index in [0.717, 1.165) is 18.4 Å². The van der Waals surface area contributed by atoms with E-state index in [-0.39, 0.29) is 12.6 Å². The molecule has 1 saturated carbocycles. The monoisotopic (exact) mass is 262 g/mol. The van der Waals surface area contributed by atoms with Gasteiger partial charge in [-0.05, 0) is 37.8 Å². The number of carbonyl (C=O) groups excluding carboxylic acids is 1. The average molecular weight is 262 g/mol. The Morgan fingerprint density at radius 1 is 1.42 bits per heavy atom. The molecule has 1 aliphatic rings. The van der Waals surface area contributed by atoms with E-state index in [1.807, 2.05) is 0 Å². The highest BCUT2D eigenvalue weighted by atomic mass is 16.3. The first-order valence-electron chi connectivity index (χ1n) is 6.83. The van der Waals surface area contributed by atoms with Gasteiger partial charge < -0.3 is 15.3 Å². The van der Waals surface area contributed by atoms with E-state index in [1.54, 1.807) is 4.90 Å². The molecule has 0 aliphatic heterocycles. The Balaban J connectivity index is 1.91. The van der Waals surface area contributed by atoms with Crippen molar-refractivity contribution in [1.82, 2.24) is 10.2 Å². The van der Waals surface area contributed by atoms with Gasteiger partial charge in [0.15, 0.2) is 0 Å². The minimum absolute atomic E-state index is 0.0213. The molecule has 0 saturated heterocycles. The minimum Gasteiger partial charge on any atom is -0.395 e. The molecular weight excluding hydrogens is 240 g/mol. The Morgan fingerprint density at radius 2 is 2.16 bits per heavy atom. The number of amides is 2. The lowest BCUT2D eigenvalue weighted by molar-refractivity contribution is 0.173. The van der Waals surface area contributed by atoms with Gasteiger partial charge in [-0.15, -0.1) is 0 Å². The van der Waals surface area contributed by atoms with Crippen molar-refractivity contribution < 1.29 is 9.90 Å². The van der Waals surface area contributed by atoms with Crippen molar-refractivity contribution in [3.8, 4) is 0 Å². The molecule has 0 unspecified atom stereocenters. The van der Waals surface area contributed by atoms with Crippen LogP contribution < -0.4 is 5.32 Å². The van der Waals surface area contributed by atoms with Crippen molar-refractivity contribution >= 4 is 6.03 Å². The number of rotatable bonds is 5. The summed E-state index contributed by atoms with van der Waals surface area (Å²) in [4.78, 5) is 13.8. The van der Waals surface area contributed by atoms with Crippen LogP contribution in [0, 0.1) is 13.8 Å². The first kappa shape index (κ1) is 13.9. The first-order valence-corrected chi connectivity index (χ1v) is 6.83. The molecule has 1 fully saturated rings. The maximum Gasteiger partial charge on any atom is 0.317 e. The SMILES string of the molecule is Cc1ccc(CNC(=O)N(CCO)C2CC2)c(C)c1. The molecule has 2 N–H and O–H groups in total. The number of carbonyl (C=O) groups is 1. The maximum atomic E-state index is 12.1. The fourth-order valence-electron chi connectivity index (χ4n) is 2.26. The summed E-state index contributed by atoms with van der Waals surface area (Å²) in [6, 6.07) is 6.48. The molecule has 0 aromatic heterocycles. The molecule has 2 amide bonds. The lowest BCUT2D eigenvalue weighted by atomic mass is 10.1. The van der Waals surface area contributed by atoms with Crippen LogP contribution >= 0.6 is 0 Å². The van der Waals surface area contributed by atoms with E-state index < -0.39 is 0 Å². The number of nitrogens with zero attached hydrogens (tertiary/aromatic N) is 1. The summed E-state index contributed by atoms with van der Waals surface area (Å²) in [5.74, 6) is 0. The number of benzene rings is 1. The molecule has 1 aromatic carbocycles. The van der Waals surface area contributed by atoms with Crippen LogP contribution in [-0.2, 0) is 6.54 Å². The topological polar surface area (TPSA) is 52.6 Å². The van der Waals surface area contributed by atoms with Gasteiger partial charge >= 0.3 is 6.03 Å². The Kier molecular flexibility index (Phi) is 4.43. The minimum atomic E-state index is -0.0727. The second kappa shape index (κ2) is 6.06. The summed E-state index contributed by atoms with van der Waals surface area (Å²) >= 11 is 0. The van der Waals surface area contributed by atoms with Gasteiger partial charge in [-0.25, -0.2) is 4.79 Å². The Morgan fingerprint density at radius 3 is 2.74 bits per heavy atom. The van der Waals surface area contributed by atoms with Gasteiger partial charge in [0, 0.05) is 19.1 Å². The molecule has 4 heteroatoms. The summed E-state index contributed by atoms with van der Waals surface area (Å²) in [6.45, 7) is 5.10. The fourth-order valence-corrected chi connectivity index (χ4v) is 2.26. The average Bonchev–Trinajstić information content (AvgIpc) is 3.18. The number of aliphatic hydroxyl groups is 1. The van der Waals surface area contributed by atoms with E-state index in [4.69, 9.17) is 5.11 Å². The molecule has 4 nitrogen and oxygen atoms in total. The number of nitrogens with one attached hydrogen (secondary N) is 1. The van der Waals surface area contributed by atoms with E-state index in [0.29, 0.717) is 19.1 Å². The lowest BCUT2D eigenvalue weighted by Crippen LogP contribution is -2.42. The van der Waals surface area contributed by atoms with Gasteiger partial charge in [-0.2, -0.15) is 0 Å². The Labute approximate surface area is 114 Å². The highest BCUT2D eigenvalue weighted by molar-refractivity contribution is 5.75. The summed E-state index contributed by atoms with van der Waals surface area (Å²) in [5, 5.41) is 11.9. The van der Waals surface area contributed by atoms with Crippen LogP contribution in [0.5, 0.6) is 0 Å². The molecular formula is C15H22N2O2. The van der Waals surface area contributed by atoms with Crippen molar-refractivity contribution in [2.45, 2.75) is 39.3 Å². The first-order chi connectivity index (χ1) is 9.11. The molecule has 2 rings (SSSR count). The van der Waals surface area contributed by atoms with Crippen molar-refractivity contribution in [2.24, 2.45) is 0 Å². The predicted octanol–water partition coefficient (Wildman–Crippen LogP) is 1.97. The predicted molar refractivity (Wildman–Crippen MR) is 75.0 cm³/mol. The third-order valence-corrected chi connectivity index (χ3v) is 3.52. The molecule has 0 heterocycles. The van der Waals surface area contributed by atoms with E-state index in [9.17, 15) is 4.79 Å². The fraction of sp³-hybridized carbons (Fsp3) is 0.533. The van der Waals surface area contributed by atoms with Gasteiger partial charge in [0.2, 0.25) is 0 Å². The summed E-state index contributed by atoms with van der Waals surface area (Å²) in [6.07, 6.45) is 2.11. The van der Waals surface area contributed by atoms with Gasteiger partial charge in [0.25, 0.3) is 0 Å². The molecule has 0 bridgehead atoms. The zero-order valence-electron chi connectivity index (χ0n) is 11.6. The zero-order chi connectivity index (χ0) is 13.8. The van der Waals surface area contributed by atoms with Crippen molar-refractivity contribution in [2.75, 3.05) is 13.2 Å². The summed E-state index contributed by atoms with van der Waals surface area (Å²) < 4.78 is 0. The van der Waals surface area contributed by atoms with Crippen LogP contribution in [-0.4, -0.2) is 35.2 Å². The number of aryl methyl sites for hydroxylation is 2. The molecule has 1 aliphatic carbocycles. The molecule has 0 spiro atoms. The largest absolute Gasteiger partial charge is 0.395 e. The smallest absolute Gasteiger partial charge is 0.317 e. The second-order valence-electron chi connectivity index (χ2n) is 5.24. The standard InChI is InChI=1S/C15H22N2O2/c1-11-3-4-13(12(2)9-11)10-16-15(19)17(7-8-18)14-5-6-14/h3-4,9,14,18H,5-8,10H2,1-2H3,(H,16,19). The van der Waals surface area contributed by atoms with Gasteiger partial charge in [0.1, 0.15) is 0 Å². The van der Waals surface area contributed by atoms with Gasteiger partial charge in [-0.1, -0.05) is 23.8 Å². The highest BCUT2D eigenvalue weighted by Crippen LogP contribution is 2.26. The number of hydrogen-bond acceptors (Lipinski definition) is 2. The molecule has 0 radical (unpaired) electrons. The van der Waals surface area contributed by atoms with Crippen LogP contribution in [0.15, 0.2) is 18.2 Å². The normalized spacial score (nSPS) is 14.3. The van der Waals surface area contributed by atoms with Crippen LogP contribution in [0.1, 0.15) is 29.5 Å². The summed E-state index contributed by atoms with van der Waals surface area (Å²) in [5.41, 5.74) is 3.56. The van der Waals surface area contributed by atoms with Crippen molar-refractivity contribution in [3.63, 3.8) is 0 Å². The van der Waals surface area contributed by atoms with E-state index >= 15 is 0 Å². The van der Waals surface area contributed by atoms with Gasteiger partial charge in [0.05, 0.1) is 6.61 Å². The summed E-state index contributed by atoms with van der Waals surface area (Å²) in [7, 11) is 0. The quantitative estimate of drug-likeness (QED) is 0.852. The lowest BCUT2D eigenvalue weighted by Gasteiger charge is -2.22. The third-order valence-electron chi connectivity index (χ3n) is 3.52. The molecule has 0 atom stereocenters. The number of aliphatic hydroxyl groups excluding tert-OH is 1. The van der Waals surface area contributed by atoms with Gasteiger partial charge in [-0.3, -0.25) is 0 Å². The van der Waals surface area contributed by atoms with Crippen LogP contribution in [0.2, 0.25) is 0 Å². The van der Waals surface area contributed by atoms with Crippen LogP contribution in [0.3, 0.4) is 0 Å². The van der Waals surface area contributed by atoms with E-state index in [1.165, 1.54) is 11.1 Å². The maximum absolute atomic E-state index is 12.1. The van der Waals surface area contributed by atoms with Crippen LogP contribution in [0.25, 0.3) is 0 Å². The van der Waals surface area contributed by atoms with Crippen LogP contribution in [0.4, 0.5) is 4.79 Å². The van der Waals surface area contributed by atoms with Crippen molar-refractivity contribution in [3.05, 3.63) is 34.9 Å². The molecule has 104 valence electrons. The van der Waals surface area contributed by atoms with E-state index in [2.05, 4.69) is 37.4 Å². The third kappa shape index (κ3) is 3.70. The molecule has 1 aromatic rings. The second-order valence-corrected chi connectivity index (χ2v) is 5.24. The van der Waals surface area contributed by atoms with Crippen molar-refractivity contribution in [1.29, 1.82) is 0 Å². The number of urea groups is 1.